The highest BCUT2D eigenvalue weighted by molar-refractivity contribution is 7.99. The number of aliphatic hydroxyl groups is 1. The van der Waals surface area contributed by atoms with Gasteiger partial charge in [0.05, 0.1) is 6.10 Å². The minimum atomic E-state index is -0.641. The molecule has 0 aliphatic rings. The van der Waals surface area contributed by atoms with Crippen LogP contribution in [0, 0.1) is 6.92 Å². The number of ether oxygens (including phenoxy) is 1. The van der Waals surface area contributed by atoms with Gasteiger partial charge in [-0.2, -0.15) is 0 Å². The molecule has 0 aliphatic carbocycles. The molecule has 0 amide bonds. The van der Waals surface area contributed by atoms with Crippen molar-refractivity contribution in [1.29, 1.82) is 0 Å². The fourth-order valence-corrected chi connectivity index (χ4v) is 2.81. The summed E-state index contributed by atoms with van der Waals surface area (Å²) in [5.74, 6) is 1.55. The zero-order valence-electron chi connectivity index (χ0n) is 13.6. The maximum Gasteiger partial charge on any atom is 0.276 e. The molecule has 25 heavy (non-hydrogen) atoms. The molecule has 0 bridgehead atoms. The Balaban J connectivity index is 1.48. The summed E-state index contributed by atoms with van der Waals surface area (Å²) in [6.45, 7) is 2.21. The number of rotatable bonds is 7. The molecule has 5 nitrogen and oxygen atoms in total. The van der Waals surface area contributed by atoms with E-state index >= 15 is 0 Å². The van der Waals surface area contributed by atoms with E-state index in [-0.39, 0.29) is 6.61 Å². The zero-order chi connectivity index (χ0) is 17.6. The predicted molar refractivity (Wildman–Crippen MR) is 98.1 cm³/mol. The van der Waals surface area contributed by atoms with Gasteiger partial charge >= 0.3 is 0 Å². The van der Waals surface area contributed by atoms with Gasteiger partial charge in [0.1, 0.15) is 12.4 Å². The lowest BCUT2D eigenvalue weighted by Gasteiger charge is -2.11. The summed E-state index contributed by atoms with van der Waals surface area (Å²) < 4.78 is 11.1. The summed E-state index contributed by atoms with van der Waals surface area (Å²) in [5, 5.41) is 19.1. The van der Waals surface area contributed by atoms with Crippen LogP contribution in [0.15, 0.2) is 58.2 Å². The van der Waals surface area contributed by atoms with Gasteiger partial charge in [-0.25, -0.2) is 0 Å². The third-order valence-electron chi connectivity index (χ3n) is 3.36. The molecule has 0 radical (unpaired) electrons. The lowest BCUT2D eigenvalue weighted by molar-refractivity contribution is 0.126. The van der Waals surface area contributed by atoms with Gasteiger partial charge < -0.3 is 14.3 Å². The fraction of sp³-hybridized carbons (Fsp3) is 0.222. The number of thioether (sulfide) groups is 1. The van der Waals surface area contributed by atoms with Crippen LogP contribution >= 0.6 is 23.4 Å². The highest BCUT2D eigenvalue weighted by Crippen LogP contribution is 2.24. The molecule has 1 heterocycles. The Morgan fingerprint density at radius 3 is 2.56 bits per heavy atom. The number of aryl methyl sites for hydroxylation is 1. The average molecular weight is 377 g/mol. The molecule has 0 aliphatic heterocycles. The number of aliphatic hydroxyl groups excluding tert-OH is 1. The SMILES string of the molecule is Cc1ccc(OC[C@@H](O)CSc2nnc(-c3ccc(Cl)cc3)o2)cc1. The third-order valence-corrected chi connectivity index (χ3v) is 4.58. The molecule has 2 aromatic carbocycles. The molecule has 3 aromatic rings. The van der Waals surface area contributed by atoms with Crippen LogP contribution in [0.5, 0.6) is 5.75 Å². The molecule has 130 valence electrons. The Morgan fingerprint density at radius 1 is 1.12 bits per heavy atom. The monoisotopic (exact) mass is 376 g/mol. The van der Waals surface area contributed by atoms with Gasteiger partial charge in [0.2, 0.25) is 5.89 Å². The molecule has 1 atom stereocenters. The number of halogens is 1. The van der Waals surface area contributed by atoms with Crippen molar-refractivity contribution in [2.75, 3.05) is 12.4 Å². The molecule has 3 rings (SSSR count). The van der Waals surface area contributed by atoms with Crippen LogP contribution in [0.25, 0.3) is 11.5 Å². The van der Waals surface area contributed by atoms with Gasteiger partial charge in [-0.1, -0.05) is 41.1 Å². The van der Waals surface area contributed by atoms with Gasteiger partial charge in [-0.15, -0.1) is 10.2 Å². The van der Waals surface area contributed by atoms with E-state index in [1.165, 1.54) is 11.8 Å². The van der Waals surface area contributed by atoms with Crippen LogP contribution in [0.3, 0.4) is 0 Å². The van der Waals surface area contributed by atoms with Crippen molar-refractivity contribution in [1.82, 2.24) is 10.2 Å². The third kappa shape index (κ3) is 5.22. The molecule has 7 heteroatoms. The molecule has 1 aromatic heterocycles. The maximum atomic E-state index is 10.0. The molecule has 0 saturated carbocycles. The summed E-state index contributed by atoms with van der Waals surface area (Å²) in [6, 6.07) is 14.8. The molecular formula is C18H17ClN2O3S. The van der Waals surface area contributed by atoms with Crippen LogP contribution in [-0.2, 0) is 0 Å². The Bertz CT molecular complexity index is 806. The van der Waals surface area contributed by atoms with E-state index in [4.69, 9.17) is 20.8 Å². The first-order valence-corrected chi connectivity index (χ1v) is 9.06. The summed E-state index contributed by atoms with van der Waals surface area (Å²) in [4.78, 5) is 0. The highest BCUT2D eigenvalue weighted by atomic mass is 35.5. The largest absolute Gasteiger partial charge is 0.491 e. The molecule has 0 fully saturated rings. The standard InChI is InChI=1S/C18H17ClN2O3S/c1-12-2-8-16(9-3-12)23-10-15(22)11-25-18-21-20-17(24-18)13-4-6-14(19)7-5-13/h2-9,15,22H,10-11H2,1H3/t15-/m1/s1. The van der Waals surface area contributed by atoms with Crippen LogP contribution in [0.2, 0.25) is 5.02 Å². The van der Waals surface area contributed by atoms with Crippen molar-refractivity contribution in [3.8, 4) is 17.2 Å². The van der Waals surface area contributed by atoms with Crippen LogP contribution < -0.4 is 4.74 Å². The van der Waals surface area contributed by atoms with Crippen molar-refractivity contribution >= 4 is 23.4 Å². The van der Waals surface area contributed by atoms with E-state index in [0.717, 1.165) is 16.9 Å². The van der Waals surface area contributed by atoms with Gasteiger partial charge in [0, 0.05) is 16.3 Å². The second-order valence-electron chi connectivity index (χ2n) is 5.47. The van der Waals surface area contributed by atoms with E-state index in [1.54, 1.807) is 12.1 Å². The quantitative estimate of drug-likeness (QED) is 0.622. The normalized spacial score (nSPS) is 12.1. The fourth-order valence-electron chi connectivity index (χ4n) is 2.02. The summed E-state index contributed by atoms with van der Waals surface area (Å²) in [7, 11) is 0. The summed E-state index contributed by atoms with van der Waals surface area (Å²) >= 11 is 7.15. The van der Waals surface area contributed by atoms with E-state index in [9.17, 15) is 5.11 Å². The van der Waals surface area contributed by atoms with Crippen LogP contribution in [0.1, 0.15) is 5.56 Å². The first kappa shape index (κ1) is 17.8. The molecule has 0 unspecified atom stereocenters. The Hall–Kier alpha value is -2.02. The maximum absolute atomic E-state index is 10.0. The van der Waals surface area contributed by atoms with E-state index in [2.05, 4.69) is 10.2 Å². The van der Waals surface area contributed by atoms with Crippen molar-refractivity contribution in [2.45, 2.75) is 18.3 Å². The second-order valence-corrected chi connectivity index (χ2v) is 6.88. The lowest BCUT2D eigenvalue weighted by Crippen LogP contribution is -2.20. The number of aromatic nitrogens is 2. The van der Waals surface area contributed by atoms with Gasteiger partial charge in [0.15, 0.2) is 0 Å². The number of hydrogen-bond donors (Lipinski definition) is 1. The van der Waals surface area contributed by atoms with Crippen molar-refractivity contribution < 1.29 is 14.3 Å². The first-order valence-electron chi connectivity index (χ1n) is 7.70. The molecular weight excluding hydrogens is 360 g/mol. The lowest BCUT2D eigenvalue weighted by atomic mass is 10.2. The topological polar surface area (TPSA) is 68.4 Å². The highest BCUT2D eigenvalue weighted by Gasteiger charge is 2.12. The van der Waals surface area contributed by atoms with Gasteiger partial charge in [-0.05, 0) is 43.3 Å². The van der Waals surface area contributed by atoms with Crippen molar-refractivity contribution in [3.05, 3.63) is 59.1 Å². The van der Waals surface area contributed by atoms with Crippen LogP contribution in [-0.4, -0.2) is 33.8 Å². The van der Waals surface area contributed by atoms with Gasteiger partial charge in [-0.3, -0.25) is 0 Å². The second kappa shape index (κ2) is 8.38. The van der Waals surface area contributed by atoms with E-state index in [0.29, 0.717) is 21.9 Å². The first-order chi connectivity index (χ1) is 12.1. The Labute approximate surface area is 155 Å². The van der Waals surface area contributed by atoms with E-state index in [1.807, 2.05) is 43.3 Å². The van der Waals surface area contributed by atoms with Crippen molar-refractivity contribution in [2.24, 2.45) is 0 Å². The molecule has 1 N–H and O–H groups in total. The molecule has 0 saturated heterocycles. The van der Waals surface area contributed by atoms with Crippen molar-refractivity contribution in [3.63, 3.8) is 0 Å². The van der Waals surface area contributed by atoms with E-state index < -0.39 is 6.10 Å². The predicted octanol–water partition coefficient (Wildman–Crippen LogP) is 4.23. The smallest absolute Gasteiger partial charge is 0.276 e. The minimum Gasteiger partial charge on any atom is -0.491 e. The summed E-state index contributed by atoms with van der Waals surface area (Å²) in [5.41, 5.74) is 1.96. The number of hydrogen-bond acceptors (Lipinski definition) is 6. The summed E-state index contributed by atoms with van der Waals surface area (Å²) in [6.07, 6.45) is -0.641. The van der Waals surface area contributed by atoms with Gasteiger partial charge in [0.25, 0.3) is 5.22 Å². The Morgan fingerprint density at radius 2 is 1.84 bits per heavy atom. The number of benzene rings is 2. The Kier molecular flexibility index (Phi) is 5.96. The number of nitrogens with zero attached hydrogens (tertiary/aromatic N) is 2. The minimum absolute atomic E-state index is 0.203. The average Bonchev–Trinajstić information content (AvgIpc) is 3.09. The van der Waals surface area contributed by atoms with Crippen LogP contribution in [0.4, 0.5) is 0 Å². The zero-order valence-corrected chi connectivity index (χ0v) is 15.1. The molecule has 0 spiro atoms.